The molecule has 0 saturated heterocycles. The van der Waals surface area contributed by atoms with Gasteiger partial charge in [0, 0.05) is 16.5 Å². The Kier molecular flexibility index (Phi) is 7.61. The van der Waals surface area contributed by atoms with Crippen LogP contribution in [0.25, 0.3) is 0 Å². The van der Waals surface area contributed by atoms with Crippen LogP contribution >= 0.6 is 23.2 Å². The van der Waals surface area contributed by atoms with Crippen LogP contribution in [0.15, 0.2) is 36.4 Å². The van der Waals surface area contributed by atoms with Crippen molar-refractivity contribution in [3.05, 3.63) is 57.6 Å². The molecule has 0 spiro atoms. The van der Waals surface area contributed by atoms with E-state index in [9.17, 15) is 4.79 Å². The van der Waals surface area contributed by atoms with E-state index in [1.807, 2.05) is 31.2 Å². The van der Waals surface area contributed by atoms with E-state index in [1.165, 1.54) is 0 Å². The first kappa shape index (κ1) is 20.4. The lowest BCUT2D eigenvalue weighted by molar-refractivity contribution is -0.121. The van der Waals surface area contributed by atoms with Gasteiger partial charge in [-0.05, 0) is 48.2 Å². The molecule has 0 radical (unpaired) electrons. The summed E-state index contributed by atoms with van der Waals surface area (Å²) in [6, 6.07) is 10.9. The van der Waals surface area contributed by atoms with E-state index in [0.29, 0.717) is 34.4 Å². The molecule has 1 amide bonds. The summed E-state index contributed by atoms with van der Waals surface area (Å²) in [7, 11) is 3.19. The lowest BCUT2D eigenvalue weighted by Crippen LogP contribution is -2.28. The molecule has 2 rings (SSSR count). The van der Waals surface area contributed by atoms with Crippen LogP contribution < -0.4 is 14.8 Å². The van der Waals surface area contributed by atoms with Gasteiger partial charge in [-0.3, -0.25) is 4.79 Å². The maximum Gasteiger partial charge on any atom is 0.220 e. The number of aryl methyl sites for hydroxylation is 1. The average molecular weight is 396 g/mol. The van der Waals surface area contributed by atoms with Gasteiger partial charge in [0.15, 0.2) is 11.5 Å². The zero-order valence-corrected chi connectivity index (χ0v) is 16.7. The fourth-order valence-corrected chi connectivity index (χ4v) is 3.23. The van der Waals surface area contributed by atoms with Gasteiger partial charge in [0.05, 0.1) is 20.3 Å². The number of carbonyl (C=O) groups excluding carboxylic acids is 1. The van der Waals surface area contributed by atoms with Crippen molar-refractivity contribution >= 4 is 29.1 Å². The van der Waals surface area contributed by atoms with Gasteiger partial charge in [-0.2, -0.15) is 0 Å². The topological polar surface area (TPSA) is 47.6 Å². The zero-order valence-electron chi connectivity index (χ0n) is 15.1. The number of methoxy groups -OCH3 is 2. The van der Waals surface area contributed by atoms with Gasteiger partial charge in [0.2, 0.25) is 5.91 Å². The minimum atomic E-state index is -0.0944. The molecular formula is C20H23Cl2NO3. The summed E-state index contributed by atoms with van der Waals surface area (Å²) >= 11 is 12.1. The Morgan fingerprint density at radius 1 is 1.08 bits per heavy atom. The average Bonchev–Trinajstić information content (AvgIpc) is 2.64. The molecule has 0 heterocycles. The zero-order chi connectivity index (χ0) is 19.1. The maximum atomic E-state index is 12.4. The minimum absolute atomic E-state index is 0.0300. The first-order valence-corrected chi connectivity index (χ1v) is 9.19. The Labute approximate surface area is 164 Å². The normalized spacial score (nSPS) is 11.7. The largest absolute Gasteiger partial charge is 0.493 e. The van der Waals surface area contributed by atoms with Crippen LogP contribution in [0.2, 0.25) is 10.0 Å². The third-order valence-corrected chi connectivity index (χ3v) is 4.78. The second kappa shape index (κ2) is 9.70. The standard InChI is InChI=1S/C20H23Cl2NO3/c1-4-17(14-6-9-18(25-2)19(11-14)26-3)23-20(24)10-7-13-5-8-15(21)12-16(13)22/h5-6,8-9,11-12,17H,4,7,10H2,1-3H3,(H,23,24)/t17-/m0/s1. The number of amides is 1. The van der Waals surface area contributed by atoms with Crippen LogP contribution in [0.5, 0.6) is 11.5 Å². The summed E-state index contributed by atoms with van der Waals surface area (Å²) < 4.78 is 10.6. The van der Waals surface area contributed by atoms with Crippen molar-refractivity contribution in [3.63, 3.8) is 0 Å². The first-order valence-electron chi connectivity index (χ1n) is 8.43. The SMILES string of the molecule is CC[C@H](NC(=O)CCc1ccc(Cl)cc1Cl)c1ccc(OC)c(OC)c1. The van der Waals surface area contributed by atoms with Crippen molar-refractivity contribution in [2.45, 2.75) is 32.2 Å². The minimum Gasteiger partial charge on any atom is -0.493 e. The van der Waals surface area contributed by atoms with E-state index in [4.69, 9.17) is 32.7 Å². The Balaban J connectivity index is 2.01. The highest BCUT2D eigenvalue weighted by Crippen LogP contribution is 2.31. The van der Waals surface area contributed by atoms with Gasteiger partial charge >= 0.3 is 0 Å². The molecule has 1 atom stereocenters. The predicted octanol–water partition coefficient (Wildman–Crippen LogP) is 5.21. The molecule has 0 aliphatic carbocycles. The number of carbonyl (C=O) groups is 1. The van der Waals surface area contributed by atoms with Gasteiger partial charge < -0.3 is 14.8 Å². The lowest BCUT2D eigenvalue weighted by Gasteiger charge is -2.19. The van der Waals surface area contributed by atoms with Crippen molar-refractivity contribution in [2.75, 3.05) is 14.2 Å². The molecule has 0 saturated carbocycles. The van der Waals surface area contributed by atoms with E-state index in [1.54, 1.807) is 26.4 Å². The van der Waals surface area contributed by atoms with Crippen LogP contribution in [0.1, 0.15) is 36.9 Å². The molecule has 2 aromatic rings. The number of rotatable bonds is 8. The summed E-state index contributed by atoms with van der Waals surface area (Å²) in [6.07, 6.45) is 1.68. The third kappa shape index (κ3) is 5.29. The first-order chi connectivity index (χ1) is 12.5. The number of halogens is 2. The molecule has 0 fully saturated rings. The quantitative estimate of drug-likeness (QED) is 0.666. The molecule has 4 nitrogen and oxygen atoms in total. The molecule has 0 aromatic heterocycles. The number of nitrogens with one attached hydrogen (secondary N) is 1. The highest BCUT2D eigenvalue weighted by Gasteiger charge is 2.15. The summed E-state index contributed by atoms with van der Waals surface area (Å²) in [4.78, 5) is 12.4. The van der Waals surface area contributed by atoms with Crippen LogP contribution in [-0.4, -0.2) is 20.1 Å². The summed E-state index contributed by atoms with van der Waals surface area (Å²) in [5.74, 6) is 1.28. The second-order valence-corrected chi connectivity index (χ2v) is 6.72. The molecular weight excluding hydrogens is 373 g/mol. The maximum absolute atomic E-state index is 12.4. The van der Waals surface area contributed by atoms with Crippen LogP contribution in [0.3, 0.4) is 0 Å². The van der Waals surface area contributed by atoms with Gasteiger partial charge in [0.1, 0.15) is 0 Å². The van der Waals surface area contributed by atoms with Gasteiger partial charge in [-0.1, -0.05) is 42.3 Å². The van der Waals surface area contributed by atoms with E-state index in [2.05, 4.69) is 5.32 Å². The van der Waals surface area contributed by atoms with Crippen LogP contribution in [-0.2, 0) is 11.2 Å². The Morgan fingerprint density at radius 3 is 2.42 bits per heavy atom. The molecule has 0 aliphatic rings. The van der Waals surface area contributed by atoms with Crippen LogP contribution in [0.4, 0.5) is 0 Å². The summed E-state index contributed by atoms with van der Waals surface area (Å²) in [5, 5.41) is 4.24. The lowest BCUT2D eigenvalue weighted by atomic mass is 10.0. The monoisotopic (exact) mass is 395 g/mol. The smallest absolute Gasteiger partial charge is 0.220 e. The number of ether oxygens (including phenoxy) is 2. The Hall–Kier alpha value is -1.91. The van der Waals surface area contributed by atoms with Crippen molar-refractivity contribution in [1.29, 1.82) is 0 Å². The van der Waals surface area contributed by atoms with Crippen molar-refractivity contribution in [3.8, 4) is 11.5 Å². The van der Waals surface area contributed by atoms with E-state index < -0.39 is 0 Å². The molecule has 26 heavy (non-hydrogen) atoms. The molecule has 0 bridgehead atoms. The predicted molar refractivity (Wildman–Crippen MR) is 106 cm³/mol. The Morgan fingerprint density at radius 2 is 1.81 bits per heavy atom. The highest BCUT2D eigenvalue weighted by molar-refractivity contribution is 6.35. The fraction of sp³-hybridized carbons (Fsp3) is 0.350. The fourth-order valence-electron chi connectivity index (χ4n) is 2.73. The number of benzene rings is 2. The van der Waals surface area contributed by atoms with Gasteiger partial charge in [-0.15, -0.1) is 0 Å². The molecule has 2 aromatic carbocycles. The second-order valence-electron chi connectivity index (χ2n) is 5.88. The highest BCUT2D eigenvalue weighted by atomic mass is 35.5. The van der Waals surface area contributed by atoms with E-state index in [0.717, 1.165) is 17.5 Å². The molecule has 140 valence electrons. The van der Waals surface area contributed by atoms with Crippen molar-refractivity contribution in [2.24, 2.45) is 0 Å². The van der Waals surface area contributed by atoms with Crippen molar-refractivity contribution < 1.29 is 14.3 Å². The number of hydrogen-bond donors (Lipinski definition) is 1. The summed E-state index contributed by atoms with van der Waals surface area (Å²) in [5.41, 5.74) is 1.88. The molecule has 0 unspecified atom stereocenters. The van der Waals surface area contributed by atoms with E-state index >= 15 is 0 Å². The molecule has 6 heteroatoms. The van der Waals surface area contributed by atoms with Crippen molar-refractivity contribution in [1.82, 2.24) is 5.32 Å². The summed E-state index contributed by atoms with van der Waals surface area (Å²) in [6.45, 7) is 2.03. The van der Waals surface area contributed by atoms with Gasteiger partial charge in [0.25, 0.3) is 0 Å². The third-order valence-electron chi connectivity index (χ3n) is 4.19. The van der Waals surface area contributed by atoms with E-state index in [-0.39, 0.29) is 11.9 Å². The molecule has 0 aliphatic heterocycles. The molecule has 1 N–H and O–H groups in total. The van der Waals surface area contributed by atoms with Gasteiger partial charge in [-0.25, -0.2) is 0 Å². The Bertz CT molecular complexity index is 765. The number of hydrogen-bond acceptors (Lipinski definition) is 3. The van der Waals surface area contributed by atoms with Crippen LogP contribution in [0, 0.1) is 0 Å².